The SMILES string of the molecule is COc1ccccc1/C=N\NC(=O)[C@H](C)Nc1nc2ccccc2s1. The van der Waals surface area contributed by atoms with E-state index in [0.29, 0.717) is 10.9 Å². The van der Waals surface area contributed by atoms with Crippen molar-refractivity contribution in [2.75, 3.05) is 12.4 Å². The van der Waals surface area contributed by atoms with Crippen LogP contribution in [0.3, 0.4) is 0 Å². The molecule has 1 amide bonds. The Balaban J connectivity index is 1.59. The molecule has 0 unspecified atom stereocenters. The molecule has 0 aliphatic heterocycles. The molecular weight excluding hydrogens is 336 g/mol. The molecule has 7 heteroatoms. The number of para-hydroxylation sites is 2. The summed E-state index contributed by atoms with van der Waals surface area (Å²) in [6.45, 7) is 1.76. The van der Waals surface area contributed by atoms with Crippen LogP contribution in [0.25, 0.3) is 10.2 Å². The van der Waals surface area contributed by atoms with E-state index in [1.165, 1.54) is 11.3 Å². The van der Waals surface area contributed by atoms with Crippen LogP contribution >= 0.6 is 11.3 Å². The Hall–Kier alpha value is -2.93. The van der Waals surface area contributed by atoms with Gasteiger partial charge in [-0.3, -0.25) is 4.79 Å². The number of amides is 1. The molecule has 128 valence electrons. The second-order valence-electron chi connectivity index (χ2n) is 5.33. The van der Waals surface area contributed by atoms with Gasteiger partial charge in [0.15, 0.2) is 5.13 Å². The summed E-state index contributed by atoms with van der Waals surface area (Å²) in [5.41, 5.74) is 4.23. The van der Waals surface area contributed by atoms with Gasteiger partial charge in [0.05, 0.1) is 23.5 Å². The van der Waals surface area contributed by atoms with E-state index in [1.54, 1.807) is 20.2 Å². The van der Waals surface area contributed by atoms with Gasteiger partial charge in [-0.25, -0.2) is 10.4 Å². The van der Waals surface area contributed by atoms with Crippen molar-refractivity contribution in [1.29, 1.82) is 0 Å². The number of carbonyl (C=O) groups is 1. The molecule has 0 spiro atoms. The van der Waals surface area contributed by atoms with Crippen molar-refractivity contribution in [2.45, 2.75) is 13.0 Å². The first-order valence-corrected chi connectivity index (χ1v) is 8.57. The summed E-state index contributed by atoms with van der Waals surface area (Å²) in [5.74, 6) is 0.451. The monoisotopic (exact) mass is 354 g/mol. The van der Waals surface area contributed by atoms with Crippen LogP contribution in [-0.4, -0.2) is 30.3 Å². The zero-order valence-corrected chi connectivity index (χ0v) is 14.7. The lowest BCUT2D eigenvalue weighted by molar-refractivity contribution is -0.121. The van der Waals surface area contributed by atoms with E-state index >= 15 is 0 Å². The number of nitrogens with one attached hydrogen (secondary N) is 2. The van der Waals surface area contributed by atoms with Crippen LogP contribution in [0.5, 0.6) is 5.75 Å². The Bertz CT molecular complexity index is 874. The molecule has 0 radical (unpaired) electrons. The average Bonchev–Trinajstić information content (AvgIpc) is 3.04. The highest BCUT2D eigenvalue weighted by molar-refractivity contribution is 7.22. The minimum atomic E-state index is -0.463. The predicted molar refractivity (Wildman–Crippen MR) is 101 cm³/mol. The second kappa shape index (κ2) is 7.76. The van der Waals surface area contributed by atoms with Gasteiger partial charge in [0.2, 0.25) is 0 Å². The summed E-state index contributed by atoms with van der Waals surface area (Å²) in [5, 5.41) is 7.80. The van der Waals surface area contributed by atoms with E-state index in [-0.39, 0.29) is 5.91 Å². The zero-order valence-electron chi connectivity index (χ0n) is 13.9. The molecule has 2 aromatic carbocycles. The summed E-state index contributed by atoms with van der Waals surface area (Å²) >= 11 is 1.51. The van der Waals surface area contributed by atoms with Gasteiger partial charge >= 0.3 is 0 Å². The smallest absolute Gasteiger partial charge is 0.262 e. The molecule has 3 rings (SSSR count). The van der Waals surface area contributed by atoms with Crippen LogP contribution in [0, 0.1) is 0 Å². The Labute approximate surface area is 149 Å². The number of hydrazone groups is 1. The van der Waals surface area contributed by atoms with Gasteiger partial charge in [-0.05, 0) is 31.2 Å². The van der Waals surface area contributed by atoms with Gasteiger partial charge in [-0.1, -0.05) is 35.6 Å². The number of fused-ring (bicyclic) bond motifs is 1. The van der Waals surface area contributed by atoms with Crippen LogP contribution in [-0.2, 0) is 4.79 Å². The highest BCUT2D eigenvalue weighted by Crippen LogP contribution is 2.25. The third kappa shape index (κ3) is 4.13. The lowest BCUT2D eigenvalue weighted by Crippen LogP contribution is -2.34. The average molecular weight is 354 g/mol. The first-order chi connectivity index (χ1) is 12.2. The summed E-state index contributed by atoms with van der Waals surface area (Å²) in [4.78, 5) is 16.6. The fourth-order valence-corrected chi connectivity index (χ4v) is 3.17. The molecule has 6 nitrogen and oxygen atoms in total. The molecule has 2 N–H and O–H groups in total. The second-order valence-corrected chi connectivity index (χ2v) is 6.36. The number of methoxy groups -OCH3 is 1. The topological polar surface area (TPSA) is 75.6 Å². The summed E-state index contributed by atoms with van der Waals surface area (Å²) in [7, 11) is 1.59. The van der Waals surface area contributed by atoms with Crippen LogP contribution < -0.4 is 15.5 Å². The van der Waals surface area contributed by atoms with Crippen LogP contribution in [0.15, 0.2) is 53.6 Å². The number of hydrogen-bond acceptors (Lipinski definition) is 6. The molecule has 0 aliphatic carbocycles. The molecule has 1 aromatic heterocycles. The Morgan fingerprint density at radius 2 is 2.00 bits per heavy atom. The number of carbonyl (C=O) groups excluding carboxylic acids is 1. The lowest BCUT2D eigenvalue weighted by Gasteiger charge is -2.10. The van der Waals surface area contributed by atoms with Crippen molar-refractivity contribution >= 4 is 38.8 Å². The number of ether oxygens (including phenoxy) is 1. The normalized spacial score (nSPS) is 12.2. The van der Waals surface area contributed by atoms with Crippen LogP contribution in [0.4, 0.5) is 5.13 Å². The number of anilines is 1. The number of thiazole rings is 1. The summed E-state index contributed by atoms with van der Waals surface area (Å²) in [6.07, 6.45) is 1.56. The van der Waals surface area contributed by atoms with E-state index < -0.39 is 6.04 Å². The maximum atomic E-state index is 12.2. The van der Waals surface area contributed by atoms with E-state index in [1.807, 2.05) is 48.5 Å². The maximum absolute atomic E-state index is 12.2. The molecule has 1 heterocycles. The number of benzene rings is 2. The first-order valence-electron chi connectivity index (χ1n) is 7.75. The molecular formula is C18H18N4O2S. The molecule has 1 atom stereocenters. The highest BCUT2D eigenvalue weighted by atomic mass is 32.1. The minimum absolute atomic E-state index is 0.245. The molecule has 25 heavy (non-hydrogen) atoms. The van der Waals surface area contributed by atoms with Gasteiger partial charge < -0.3 is 10.1 Å². The van der Waals surface area contributed by atoms with E-state index in [9.17, 15) is 4.79 Å². The van der Waals surface area contributed by atoms with Gasteiger partial charge in [-0.15, -0.1) is 0 Å². The van der Waals surface area contributed by atoms with Crippen LogP contribution in [0.1, 0.15) is 12.5 Å². The Morgan fingerprint density at radius 3 is 2.80 bits per heavy atom. The minimum Gasteiger partial charge on any atom is -0.496 e. The first kappa shape index (κ1) is 16.9. The van der Waals surface area contributed by atoms with Crippen LogP contribution in [0.2, 0.25) is 0 Å². The van der Waals surface area contributed by atoms with Crippen molar-refractivity contribution in [1.82, 2.24) is 10.4 Å². The Kier molecular flexibility index (Phi) is 5.25. The molecule has 0 fully saturated rings. The third-order valence-electron chi connectivity index (χ3n) is 3.54. The standard InChI is InChI=1S/C18H18N4O2S/c1-12(20-18-21-14-8-4-6-10-16(14)25-18)17(23)22-19-11-13-7-3-5-9-15(13)24-2/h3-12H,1-2H3,(H,20,21)(H,22,23)/b19-11-/t12-/m0/s1. The predicted octanol–water partition coefficient (Wildman–Crippen LogP) is 3.26. The number of nitrogens with zero attached hydrogens (tertiary/aromatic N) is 2. The number of aromatic nitrogens is 1. The number of hydrogen-bond donors (Lipinski definition) is 2. The van der Waals surface area contributed by atoms with Crippen molar-refractivity contribution in [2.24, 2.45) is 5.10 Å². The van der Waals surface area contributed by atoms with Crippen molar-refractivity contribution in [3.05, 3.63) is 54.1 Å². The fourth-order valence-electron chi connectivity index (χ4n) is 2.22. The largest absolute Gasteiger partial charge is 0.496 e. The van der Waals surface area contributed by atoms with Crippen molar-refractivity contribution in [3.63, 3.8) is 0 Å². The van der Waals surface area contributed by atoms with Gasteiger partial charge in [0.1, 0.15) is 11.8 Å². The van der Waals surface area contributed by atoms with Crippen molar-refractivity contribution < 1.29 is 9.53 Å². The molecule has 0 saturated carbocycles. The van der Waals surface area contributed by atoms with E-state index in [4.69, 9.17) is 4.74 Å². The van der Waals surface area contributed by atoms with Gasteiger partial charge in [0, 0.05) is 5.56 Å². The van der Waals surface area contributed by atoms with E-state index in [2.05, 4.69) is 20.8 Å². The molecule has 3 aromatic rings. The van der Waals surface area contributed by atoms with E-state index in [0.717, 1.165) is 15.8 Å². The van der Waals surface area contributed by atoms with Crippen molar-refractivity contribution in [3.8, 4) is 5.75 Å². The molecule has 0 bridgehead atoms. The molecule has 0 saturated heterocycles. The quantitative estimate of drug-likeness (QED) is 0.526. The summed E-state index contributed by atoms with van der Waals surface area (Å²) in [6, 6.07) is 14.8. The Morgan fingerprint density at radius 1 is 1.24 bits per heavy atom. The molecule has 0 aliphatic rings. The third-order valence-corrected chi connectivity index (χ3v) is 4.51. The van der Waals surface area contributed by atoms with Gasteiger partial charge in [-0.2, -0.15) is 5.10 Å². The highest BCUT2D eigenvalue weighted by Gasteiger charge is 2.14. The maximum Gasteiger partial charge on any atom is 0.262 e. The van der Waals surface area contributed by atoms with Gasteiger partial charge in [0.25, 0.3) is 5.91 Å². The fraction of sp³-hybridized carbons (Fsp3) is 0.167. The number of rotatable bonds is 6. The summed E-state index contributed by atoms with van der Waals surface area (Å²) < 4.78 is 6.31. The lowest BCUT2D eigenvalue weighted by atomic mass is 10.2. The zero-order chi connectivity index (χ0) is 17.6.